The Morgan fingerprint density at radius 2 is 2.11 bits per heavy atom. The fourth-order valence-electron chi connectivity index (χ4n) is 3.98. The number of carboxylic acids is 1. The summed E-state index contributed by atoms with van der Waals surface area (Å²) < 4.78 is 39.1. The first kappa shape index (κ1) is 19.9. The molecule has 0 radical (unpaired) electrons. The van der Waals surface area contributed by atoms with Gasteiger partial charge in [0, 0.05) is 17.5 Å². The predicted molar refractivity (Wildman–Crippen MR) is 101 cm³/mol. The van der Waals surface area contributed by atoms with E-state index in [1.54, 1.807) is 12.1 Å². The van der Waals surface area contributed by atoms with E-state index in [0.717, 1.165) is 37.7 Å². The van der Waals surface area contributed by atoms with E-state index in [2.05, 4.69) is 11.6 Å². The highest BCUT2D eigenvalue weighted by Crippen LogP contribution is 2.50. The van der Waals surface area contributed by atoms with Crippen molar-refractivity contribution in [1.82, 2.24) is 4.72 Å². The third kappa shape index (κ3) is 4.73. The van der Waals surface area contributed by atoms with Gasteiger partial charge in [0.15, 0.2) is 18.1 Å². The van der Waals surface area contributed by atoms with Crippen molar-refractivity contribution in [3.8, 4) is 11.5 Å². The Morgan fingerprint density at radius 1 is 1.30 bits per heavy atom. The molecule has 150 valence electrons. The molecule has 0 amide bonds. The number of rotatable bonds is 10. The van der Waals surface area contributed by atoms with E-state index in [1.807, 2.05) is 6.07 Å². The number of sulfonamides is 1. The standard InChI is InChI=1S/C19H27NO6S/c1-2-3-4-5-11-27(23,24)20-14-9-10-15-18(14)13-7-6-8-16(19(13)26-15)25-12-17(21)22/h6-8,14-15,18,20H,2-5,9-12H2,1H3,(H,21,22). The van der Waals surface area contributed by atoms with Crippen molar-refractivity contribution in [2.75, 3.05) is 12.4 Å². The van der Waals surface area contributed by atoms with Gasteiger partial charge in [0.1, 0.15) is 6.10 Å². The number of fused-ring (bicyclic) bond motifs is 3. The average Bonchev–Trinajstić information content (AvgIpc) is 3.17. The molecule has 0 aromatic heterocycles. The predicted octanol–water partition coefficient (Wildman–Crippen LogP) is 2.66. The molecule has 1 aromatic rings. The van der Waals surface area contributed by atoms with Crippen LogP contribution in [-0.4, -0.2) is 44.0 Å². The number of nitrogens with one attached hydrogen (secondary N) is 1. The first-order chi connectivity index (χ1) is 12.9. The second kappa shape index (κ2) is 8.48. The van der Waals surface area contributed by atoms with E-state index in [-0.39, 0.29) is 23.8 Å². The molecule has 1 heterocycles. The maximum absolute atomic E-state index is 12.5. The second-order valence-electron chi connectivity index (χ2n) is 7.22. The molecule has 2 aliphatic rings. The molecule has 1 fully saturated rings. The van der Waals surface area contributed by atoms with Crippen LogP contribution in [0.15, 0.2) is 18.2 Å². The Bertz CT molecular complexity index is 778. The number of hydrogen-bond donors (Lipinski definition) is 2. The van der Waals surface area contributed by atoms with Crippen molar-refractivity contribution in [3.05, 3.63) is 23.8 Å². The zero-order valence-electron chi connectivity index (χ0n) is 15.5. The van der Waals surface area contributed by atoms with Crippen LogP contribution >= 0.6 is 0 Å². The van der Waals surface area contributed by atoms with Gasteiger partial charge < -0.3 is 14.6 Å². The van der Waals surface area contributed by atoms with Crippen LogP contribution in [0.2, 0.25) is 0 Å². The van der Waals surface area contributed by atoms with E-state index in [0.29, 0.717) is 17.9 Å². The number of unbranched alkanes of at least 4 members (excludes halogenated alkanes) is 3. The highest BCUT2D eigenvalue weighted by molar-refractivity contribution is 7.89. The van der Waals surface area contributed by atoms with Gasteiger partial charge in [-0.2, -0.15) is 0 Å². The molecule has 0 saturated heterocycles. The molecular formula is C19H27NO6S. The highest BCUT2D eigenvalue weighted by atomic mass is 32.2. The van der Waals surface area contributed by atoms with Crippen LogP contribution in [0.25, 0.3) is 0 Å². The molecule has 1 saturated carbocycles. The van der Waals surface area contributed by atoms with Gasteiger partial charge in [0.25, 0.3) is 0 Å². The molecule has 0 spiro atoms. The van der Waals surface area contributed by atoms with Crippen LogP contribution in [0.5, 0.6) is 11.5 Å². The molecule has 8 heteroatoms. The van der Waals surface area contributed by atoms with Gasteiger partial charge in [-0.15, -0.1) is 0 Å². The maximum atomic E-state index is 12.5. The number of benzene rings is 1. The minimum Gasteiger partial charge on any atom is -0.486 e. The highest BCUT2D eigenvalue weighted by Gasteiger charge is 2.46. The van der Waals surface area contributed by atoms with Gasteiger partial charge in [-0.25, -0.2) is 17.9 Å². The molecule has 3 atom stereocenters. The SMILES string of the molecule is CCCCCCS(=O)(=O)NC1CCC2Oc3c(OCC(=O)O)cccc3C12. The summed E-state index contributed by atoms with van der Waals surface area (Å²) in [6, 6.07) is 5.16. The van der Waals surface area contributed by atoms with Crippen LogP contribution in [0.4, 0.5) is 0 Å². The molecule has 7 nitrogen and oxygen atoms in total. The van der Waals surface area contributed by atoms with Gasteiger partial charge >= 0.3 is 5.97 Å². The largest absolute Gasteiger partial charge is 0.486 e. The maximum Gasteiger partial charge on any atom is 0.341 e. The molecule has 1 aliphatic carbocycles. The minimum atomic E-state index is -3.33. The monoisotopic (exact) mass is 397 g/mol. The molecule has 2 N–H and O–H groups in total. The number of hydrogen-bond acceptors (Lipinski definition) is 5. The number of carbonyl (C=O) groups is 1. The normalized spacial score (nSPS) is 23.5. The number of carboxylic acid groups (broad SMARTS) is 1. The van der Waals surface area contributed by atoms with E-state index in [9.17, 15) is 13.2 Å². The lowest BCUT2D eigenvalue weighted by molar-refractivity contribution is -0.139. The van der Waals surface area contributed by atoms with Crippen molar-refractivity contribution in [1.29, 1.82) is 0 Å². The third-order valence-electron chi connectivity index (χ3n) is 5.18. The fraction of sp³-hybridized carbons (Fsp3) is 0.632. The van der Waals surface area contributed by atoms with Crippen molar-refractivity contribution in [3.63, 3.8) is 0 Å². The summed E-state index contributed by atoms with van der Waals surface area (Å²) in [6.07, 6.45) is 5.07. The lowest BCUT2D eigenvalue weighted by atomic mass is 9.94. The van der Waals surface area contributed by atoms with Crippen LogP contribution in [0.1, 0.15) is 56.9 Å². The number of aliphatic carboxylic acids is 1. The van der Waals surface area contributed by atoms with Gasteiger partial charge in [-0.05, 0) is 25.3 Å². The molecular weight excluding hydrogens is 370 g/mol. The Kier molecular flexibility index (Phi) is 6.26. The average molecular weight is 397 g/mol. The Morgan fingerprint density at radius 3 is 2.85 bits per heavy atom. The smallest absolute Gasteiger partial charge is 0.341 e. The summed E-state index contributed by atoms with van der Waals surface area (Å²) in [5, 5.41) is 8.82. The van der Waals surface area contributed by atoms with Gasteiger partial charge in [0.05, 0.1) is 5.75 Å². The lowest BCUT2D eigenvalue weighted by Gasteiger charge is -2.19. The first-order valence-electron chi connectivity index (χ1n) is 9.55. The van der Waals surface area contributed by atoms with E-state index in [1.165, 1.54) is 0 Å². The zero-order valence-corrected chi connectivity index (χ0v) is 16.3. The van der Waals surface area contributed by atoms with Gasteiger partial charge in [-0.1, -0.05) is 38.3 Å². The summed E-state index contributed by atoms with van der Waals surface area (Å²) in [4.78, 5) is 10.8. The van der Waals surface area contributed by atoms with Crippen molar-refractivity contribution in [2.45, 2.75) is 63.5 Å². The Balaban J connectivity index is 1.69. The fourth-order valence-corrected chi connectivity index (χ4v) is 5.41. The van der Waals surface area contributed by atoms with Gasteiger partial charge in [-0.3, -0.25) is 0 Å². The van der Waals surface area contributed by atoms with Crippen LogP contribution < -0.4 is 14.2 Å². The van der Waals surface area contributed by atoms with Crippen molar-refractivity contribution in [2.24, 2.45) is 0 Å². The zero-order chi connectivity index (χ0) is 19.4. The summed E-state index contributed by atoms with van der Waals surface area (Å²) in [6.45, 7) is 1.65. The Labute approximate surface area is 160 Å². The summed E-state index contributed by atoms with van der Waals surface area (Å²) >= 11 is 0. The third-order valence-corrected chi connectivity index (χ3v) is 6.67. The lowest BCUT2D eigenvalue weighted by Crippen LogP contribution is -2.38. The molecule has 1 aromatic carbocycles. The topological polar surface area (TPSA) is 102 Å². The Hall–Kier alpha value is -1.80. The molecule has 27 heavy (non-hydrogen) atoms. The van der Waals surface area contributed by atoms with E-state index < -0.39 is 22.6 Å². The molecule has 1 aliphatic heterocycles. The van der Waals surface area contributed by atoms with E-state index >= 15 is 0 Å². The van der Waals surface area contributed by atoms with Crippen molar-refractivity contribution >= 4 is 16.0 Å². The van der Waals surface area contributed by atoms with Gasteiger partial charge in [0.2, 0.25) is 10.0 Å². The molecule has 3 unspecified atom stereocenters. The second-order valence-corrected chi connectivity index (χ2v) is 9.09. The van der Waals surface area contributed by atoms with Crippen LogP contribution in [0, 0.1) is 0 Å². The quantitative estimate of drug-likeness (QED) is 0.589. The first-order valence-corrected chi connectivity index (χ1v) is 11.2. The minimum absolute atomic E-state index is 0.0706. The summed E-state index contributed by atoms with van der Waals surface area (Å²) in [5.41, 5.74) is 0.888. The number of para-hydroxylation sites is 1. The summed E-state index contributed by atoms with van der Waals surface area (Å²) in [5.74, 6) is -0.0412. The number of ether oxygens (including phenoxy) is 2. The molecule has 0 bridgehead atoms. The van der Waals surface area contributed by atoms with Crippen molar-refractivity contribution < 1.29 is 27.8 Å². The summed E-state index contributed by atoms with van der Waals surface area (Å²) in [7, 11) is -3.33. The van der Waals surface area contributed by atoms with Crippen LogP contribution in [-0.2, 0) is 14.8 Å². The van der Waals surface area contributed by atoms with Crippen LogP contribution in [0.3, 0.4) is 0 Å². The van der Waals surface area contributed by atoms with E-state index in [4.69, 9.17) is 14.6 Å². The molecule has 3 rings (SSSR count).